The molecule has 0 bridgehead atoms. The molecule has 0 saturated carbocycles. The average molecular weight is 251 g/mol. The molecule has 0 amide bonds. The van der Waals surface area contributed by atoms with Gasteiger partial charge in [0.05, 0.1) is 17.4 Å². The molecule has 3 heterocycles. The van der Waals surface area contributed by atoms with Crippen molar-refractivity contribution in [2.24, 2.45) is 0 Å². The molecule has 2 aromatic heterocycles. The molecule has 5 heteroatoms. The van der Waals surface area contributed by atoms with Crippen LogP contribution in [0.2, 0.25) is 0 Å². The molecule has 1 fully saturated rings. The molecule has 1 saturated heterocycles. The van der Waals surface area contributed by atoms with Gasteiger partial charge in [0.15, 0.2) is 0 Å². The molecule has 0 aliphatic carbocycles. The maximum absolute atomic E-state index is 4.69. The van der Waals surface area contributed by atoms with Crippen molar-refractivity contribution in [2.75, 3.05) is 18.1 Å². The van der Waals surface area contributed by atoms with Gasteiger partial charge in [-0.05, 0) is 12.1 Å². The summed E-state index contributed by atoms with van der Waals surface area (Å²) in [6, 6.07) is 4.50. The Hall–Kier alpha value is -0.780. The van der Waals surface area contributed by atoms with E-state index >= 15 is 0 Å². The minimum absolute atomic E-state index is 0.437. The fourth-order valence-corrected chi connectivity index (χ4v) is 3.72. The first-order valence-electron chi connectivity index (χ1n) is 5.34. The van der Waals surface area contributed by atoms with Gasteiger partial charge in [-0.1, -0.05) is 0 Å². The molecule has 16 heavy (non-hydrogen) atoms. The molecule has 1 atom stereocenters. The first-order valence-corrected chi connectivity index (χ1v) is 7.37. The van der Waals surface area contributed by atoms with Gasteiger partial charge in [-0.25, -0.2) is 4.98 Å². The van der Waals surface area contributed by atoms with Gasteiger partial charge >= 0.3 is 0 Å². The largest absolute Gasteiger partial charge is 0.360 e. The van der Waals surface area contributed by atoms with Crippen LogP contribution in [-0.2, 0) is 0 Å². The highest BCUT2D eigenvalue weighted by Gasteiger charge is 2.18. The number of H-pyrrole nitrogens is 1. The Bertz CT molecular complexity index is 444. The van der Waals surface area contributed by atoms with E-state index in [1.54, 1.807) is 11.3 Å². The third-order valence-corrected chi connectivity index (χ3v) is 4.64. The Morgan fingerprint density at radius 2 is 2.44 bits per heavy atom. The summed E-state index contributed by atoms with van der Waals surface area (Å²) in [5.41, 5.74) is 2.16. The maximum Gasteiger partial charge on any atom is 0.111 e. The van der Waals surface area contributed by atoms with Crippen molar-refractivity contribution in [3.8, 4) is 11.4 Å². The van der Waals surface area contributed by atoms with Gasteiger partial charge in [0.2, 0.25) is 0 Å². The van der Waals surface area contributed by atoms with Crippen molar-refractivity contribution >= 4 is 23.1 Å². The average Bonchev–Trinajstić information content (AvgIpc) is 3.01. The summed E-state index contributed by atoms with van der Waals surface area (Å²) in [5.74, 6) is 2.35. The molecule has 3 nitrogen and oxygen atoms in total. The number of aromatic nitrogens is 2. The molecule has 2 aromatic rings. The zero-order chi connectivity index (χ0) is 10.8. The van der Waals surface area contributed by atoms with E-state index in [4.69, 9.17) is 0 Å². The lowest BCUT2D eigenvalue weighted by atomic mass is 10.3. The van der Waals surface area contributed by atoms with Gasteiger partial charge in [-0.2, -0.15) is 11.8 Å². The molecular weight excluding hydrogens is 238 g/mol. The maximum atomic E-state index is 4.69. The molecule has 0 aromatic carbocycles. The first kappa shape index (κ1) is 10.4. The number of aromatic amines is 1. The van der Waals surface area contributed by atoms with E-state index in [2.05, 4.69) is 26.7 Å². The van der Waals surface area contributed by atoms with Gasteiger partial charge in [0.1, 0.15) is 5.01 Å². The zero-order valence-corrected chi connectivity index (χ0v) is 10.4. The predicted octanol–water partition coefficient (Wildman–Crippen LogP) is 2.52. The van der Waals surface area contributed by atoms with Crippen LogP contribution in [0.4, 0.5) is 0 Å². The molecule has 0 spiro atoms. The fourth-order valence-electron chi connectivity index (χ4n) is 1.79. The van der Waals surface area contributed by atoms with E-state index < -0.39 is 0 Å². The van der Waals surface area contributed by atoms with Crippen molar-refractivity contribution < 1.29 is 0 Å². The molecule has 3 rings (SSSR count). The number of hydrogen-bond acceptors (Lipinski definition) is 4. The van der Waals surface area contributed by atoms with Crippen LogP contribution in [-0.4, -0.2) is 28.0 Å². The molecule has 1 aliphatic rings. The Balaban J connectivity index is 1.82. The van der Waals surface area contributed by atoms with E-state index in [9.17, 15) is 0 Å². The van der Waals surface area contributed by atoms with E-state index in [0.717, 1.165) is 23.7 Å². The molecular formula is C11H13N3S2. The number of nitrogens with zero attached hydrogens (tertiary/aromatic N) is 1. The first-order chi connectivity index (χ1) is 7.93. The van der Waals surface area contributed by atoms with Crippen LogP contribution in [0.5, 0.6) is 0 Å². The van der Waals surface area contributed by atoms with Crippen LogP contribution in [0.25, 0.3) is 11.4 Å². The fraction of sp³-hybridized carbons (Fsp3) is 0.364. The second kappa shape index (κ2) is 4.61. The standard InChI is InChI=1S/C11H13N3S2/c1-2-8(12-3-1)9-7-16-11(14-9)10-6-15-5-4-13-10/h1-3,7,10,12-13H,4-6H2. The minimum Gasteiger partial charge on any atom is -0.360 e. The number of nitrogens with one attached hydrogen (secondary N) is 2. The monoisotopic (exact) mass is 251 g/mol. The normalized spacial score (nSPS) is 21.1. The summed E-state index contributed by atoms with van der Waals surface area (Å²) in [5, 5.41) is 6.84. The van der Waals surface area contributed by atoms with Crippen LogP contribution in [0.15, 0.2) is 23.7 Å². The van der Waals surface area contributed by atoms with Gasteiger partial charge in [0, 0.05) is 29.6 Å². The summed E-state index contributed by atoms with van der Waals surface area (Å²) >= 11 is 3.75. The van der Waals surface area contributed by atoms with Gasteiger partial charge in [0.25, 0.3) is 0 Å². The van der Waals surface area contributed by atoms with Crippen LogP contribution < -0.4 is 5.32 Å². The summed E-state index contributed by atoms with van der Waals surface area (Å²) in [7, 11) is 0. The lowest BCUT2D eigenvalue weighted by molar-refractivity contribution is 0.592. The van der Waals surface area contributed by atoms with Gasteiger partial charge < -0.3 is 10.3 Å². The van der Waals surface area contributed by atoms with Gasteiger partial charge in [-0.3, -0.25) is 0 Å². The van der Waals surface area contributed by atoms with Crippen molar-refractivity contribution in [1.82, 2.24) is 15.3 Å². The Morgan fingerprint density at radius 1 is 1.44 bits per heavy atom. The van der Waals surface area contributed by atoms with Crippen molar-refractivity contribution in [2.45, 2.75) is 6.04 Å². The Labute approximate surface area is 103 Å². The number of hydrogen-bond donors (Lipinski definition) is 2. The zero-order valence-electron chi connectivity index (χ0n) is 8.77. The summed E-state index contributed by atoms with van der Waals surface area (Å²) in [4.78, 5) is 7.88. The van der Waals surface area contributed by atoms with Crippen LogP contribution >= 0.6 is 23.1 Å². The molecule has 0 radical (unpaired) electrons. The third-order valence-electron chi connectivity index (χ3n) is 2.62. The number of thioether (sulfide) groups is 1. The highest BCUT2D eigenvalue weighted by atomic mass is 32.2. The number of rotatable bonds is 2. The summed E-state index contributed by atoms with van der Waals surface area (Å²) in [6.07, 6.45) is 1.93. The van der Waals surface area contributed by atoms with Crippen LogP contribution in [0, 0.1) is 0 Å². The van der Waals surface area contributed by atoms with Crippen LogP contribution in [0.3, 0.4) is 0 Å². The quantitative estimate of drug-likeness (QED) is 0.861. The topological polar surface area (TPSA) is 40.7 Å². The smallest absolute Gasteiger partial charge is 0.111 e. The van der Waals surface area contributed by atoms with Crippen LogP contribution in [0.1, 0.15) is 11.0 Å². The SMILES string of the molecule is c1c[nH]c(-c2csc(C3CSCCN3)n2)c1. The second-order valence-electron chi connectivity index (χ2n) is 3.74. The lowest BCUT2D eigenvalue weighted by Crippen LogP contribution is -2.30. The lowest BCUT2D eigenvalue weighted by Gasteiger charge is -2.20. The van der Waals surface area contributed by atoms with Gasteiger partial charge in [-0.15, -0.1) is 11.3 Å². The summed E-state index contributed by atoms with van der Waals surface area (Å²) in [6.45, 7) is 1.09. The van der Waals surface area contributed by atoms with Crippen molar-refractivity contribution in [3.05, 3.63) is 28.7 Å². The number of thiazole rings is 1. The van der Waals surface area contributed by atoms with E-state index in [-0.39, 0.29) is 0 Å². The molecule has 1 aliphatic heterocycles. The van der Waals surface area contributed by atoms with Crippen molar-refractivity contribution in [3.63, 3.8) is 0 Å². The predicted molar refractivity (Wildman–Crippen MR) is 70.0 cm³/mol. The van der Waals surface area contributed by atoms with Crippen molar-refractivity contribution in [1.29, 1.82) is 0 Å². The van der Waals surface area contributed by atoms with E-state index in [1.807, 2.05) is 24.0 Å². The Morgan fingerprint density at radius 3 is 3.19 bits per heavy atom. The minimum atomic E-state index is 0.437. The molecule has 2 N–H and O–H groups in total. The second-order valence-corrected chi connectivity index (χ2v) is 5.78. The highest BCUT2D eigenvalue weighted by molar-refractivity contribution is 7.99. The van der Waals surface area contributed by atoms with E-state index in [1.165, 1.54) is 10.8 Å². The Kier molecular flexibility index (Phi) is 2.99. The van der Waals surface area contributed by atoms with E-state index in [0.29, 0.717) is 6.04 Å². The molecule has 1 unspecified atom stereocenters. The third kappa shape index (κ3) is 2.03. The highest BCUT2D eigenvalue weighted by Crippen LogP contribution is 2.27. The summed E-state index contributed by atoms with van der Waals surface area (Å²) < 4.78 is 0. The molecule has 84 valence electrons.